The van der Waals surface area contributed by atoms with E-state index in [1.807, 2.05) is 24.3 Å². The Hall–Kier alpha value is -2.17. The smallest absolute Gasteiger partial charge is 0.223 e. The molecule has 20 heavy (non-hydrogen) atoms. The second-order valence-electron chi connectivity index (χ2n) is 5.71. The van der Waals surface area contributed by atoms with Gasteiger partial charge in [-0.25, -0.2) is 4.98 Å². The quantitative estimate of drug-likeness (QED) is 0.928. The van der Waals surface area contributed by atoms with Gasteiger partial charge in [0.2, 0.25) is 5.95 Å². The van der Waals surface area contributed by atoms with Crippen molar-refractivity contribution < 1.29 is 4.74 Å². The molecular formula is C15H20N4O. The average Bonchev–Trinajstić information content (AvgIpc) is 2.37. The van der Waals surface area contributed by atoms with Crippen LogP contribution in [0.25, 0.3) is 0 Å². The number of ether oxygens (including phenoxy) is 1. The van der Waals surface area contributed by atoms with Crippen molar-refractivity contribution >= 4 is 5.95 Å². The van der Waals surface area contributed by atoms with Crippen molar-refractivity contribution in [3.63, 3.8) is 0 Å². The zero-order valence-electron chi connectivity index (χ0n) is 12.3. The van der Waals surface area contributed by atoms with Crippen LogP contribution in [0.5, 0.6) is 5.75 Å². The zero-order valence-corrected chi connectivity index (χ0v) is 12.3. The third-order valence-corrected chi connectivity index (χ3v) is 2.87. The summed E-state index contributed by atoms with van der Waals surface area (Å²) in [6, 6.07) is 7.84. The third kappa shape index (κ3) is 3.44. The van der Waals surface area contributed by atoms with Gasteiger partial charge in [0.05, 0.1) is 7.11 Å². The largest absolute Gasteiger partial charge is 0.497 e. The van der Waals surface area contributed by atoms with Gasteiger partial charge >= 0.3 is 0 Å². The maximum Gasteiger partial charge on any atom is 0.223 e. The fourth-order valence-corrected chi connectivity index (χ4v) is 1.82. The second-order valence-corrected chi connectivity index (χ2v) is 5.71. The number of rotatable bonds is 3. The summed E-state index contributed by atoms with van der Waals surface area (Å²) in [4.78, 5) is 12.9. The molecule has 0 radical (unpaired) electrons. The molecule has 0 saturated carbocycles. The SMILES string of the molecule is COc1cccc(Cc2nc(N)nc(C(C)(C)C)n2)c1. The topological polar surface area (TPSA) is 73.9 Å². The number of hydrogen-bond acceptors (Lipinski definition) is 5. The van der Waals surface area contributed by atoms with E-state index in [-0.39, 0.29) is 11.4 Å². The Morgan fingerprint density at radius 1 is 1.15 bits per heavy atom. The van der Waals surface area contributed by atoms with Gasteiger partial charge in [0.15, 0.2) is 0 Å². The van der Waals surface area contributed by atoms with Gasteiger partial charge in [0.1, 0.15) is 17.4 Å². The number of nitrogens with zero attached hydrogens (tertiary/aromatic N) is 3. The molecule has 2 rings (SSSR count). The molecule has 0 aliphatic carbocycles. The van der Waals surface area contributed by atoms with Crippen molar-refractivity contribution in [3.05, 3.63) is 41.5 Å². The van der Waals surface area contributed by atoms with Crippen LogP contribution in [-0.2, 0) is 11.8 Å². The van der Waals surface area contributed by atoms with Crippen LogP contribution in [0, 0.1) is 0 Å². The van der Waals surface area contributed by atoms with Crippen LogP contribution in [0.4, 0.5) is 5.95 Å². The summed E-state index contributed by atoms with van der Waals surface area (Å²) in [5.74, 6) is 2.47. The highest BCUT2D eigenvalue weighted by atomic mass is 16.5. The van der Waals surface area contributed by atoms with Crippen LogP contribution < -0.4 is 10.5 Å². The molecule has 1 aromatic carbocycles. The van der Waals surface area contributed by atoms with Crippen molar-refractivity contribution in [1.82, 2.24) is 15.0 Å². The molecule has 0 aliphatic heterocycles. The molecule has 0 amide bonds. The molecule has 1 aromatic heterocycles. The molecule has 0 aliphatic rings. The number of nitrogen functional groups attached to an aromatic ring is 1. The first-order valence-electron chi connectivity index (χ1n) is 6.52. The maximum atomic E-state index is 5.78. The van der Waals surface area contributed by atoms with E-state index in [0.29, 0.717) is 18.1 Å². The normalized spacial score (nSPS) is 11.4. The van der Waals surface area contributed by atoms with Gasteiger partial charge in [-0.05, 0) is 17.7 Å². The summed E-state index contributed by atoms with van der Waals surface area (Å²) in [5, 5.41) is 0. The molecule has 2 aromatic rings. The fraction of sp³-hybridized carbons (Fsp3) is 0.400. The summed E-state index contributed by atoms with van der Waals surface area (Å²) in [7, 11) is 1.65. The van der Waals surface area contributed by atoms with Crippen molar-refractivity contribution in [2.45, 2.75) is 32.6 Å². The molecule has 5 nitrogen and oxygen atoms in total. The van der Waals surface area contributed by atoms with Gasteiger partial charge in [-0.15, -0.1) is 0 Å². The van der Waals surface area contributed by atoms with Crippen LogP contribution in [-0.4, -0.2) is 22.1 Å². The van der Waals surface area contributed by atoms with Gasteiger partial charge in [-0.1, -0.05) is 32.9 Å². The highest BCUT2D eigenvalue weighted by Crippen LogP contribution is 2.20. The minimum Gasteiger partial charge on any atom is -0.497 e. The lowest BCUT2D eigenvalue weighted by atomic mass is 9.96. The number of hydrogen-bond donors (Lipinski definition) is 1. The highest BCUT2D eigenvalue weighted by Gasteiger charge is 2.19. The van der Waals surface area contributed by atoms with Crippen molar-refractivity contribution in [3.8, 4) is 5.75 Å². The molecule has 0 saturated heterocycles. The Morgan fingerprint density at radius 3 is 2.55 bits per heavy atom. The van der Waals surface area contributed by atoms with Gasteiger partial charge in [-0.2, -0.15) is 9.97 Å². The van der Waals surface area contributed by atoms with Crippen molar-refractivity contribution in [1.29, 1.82) is 0 Å². The molecule has 2 N–H and O–H groups in total. The van der Waals surface area contributed by atoms with Crippen LogP contribution in [0.3, 0.4) is 0 Å². The van der Waals surface area contributed by atoms with E-state index in [1.165, 1.54) is 0 Å². The Bertz CT molecular complexity index is 605. The van der Waals surface area contributed by atoms with Crippen molar-refractivity contribution in [2.75, 3.05) is 12.8 Å². The molecule has 0 fully saturated rings. The summed E-state index contributed by atoms with van der Waals surface area (Å²) in [6.07, 6.45) is 0.604. The first kappa shape index (κ1) is 14.2. The van der Waals surface area contributed by atoms with Crippen LogP contribution in [0.2, 0.25) is 0 Å². The van der Waals surface area contributed by atoms with Crippen LogP contribution >= 0.6 is 0 Å². The lowest BCUT2D eigenvalue weighted by Gasteiger charge is -2.17. The minimum atomic E-state index is -0.153. The predicted octanol–water partition coefficient (Wildman–Crippen LogP) is 2.35. The van der Waals surface area contributed by atoms with E-state index < -0.39 is 0 Å². The lowest BCUT2D eigenvalue weighted by Crippen LogP contribution is -2.19. The predicted molar refractivity (Wildman–Crippen MR) is 78.7 cm³/mol. The highest BCUT2D eigenvalue weighted by molar-refractivity contribution is 5.31. The standard InChI is InChI=1S/C15H20N4O/c1-15(2,3)13-17-12(18-14(16)19-13)9-10-6-5-7-11(8-10)20-4/h5-8H,9H2,1-4H3,(H2,16,17,18,19). The van der Waals surface area contributed by atoms with Gasteiger partial charge in [0, 0.05) is 11.8 Å². The van der Waals surface area contributed by atoms with Gasteiger partial charge < -0.3 is 10.5 Å². The summed E-state index contributed by atoms with van der Waals surface area (Å²) in [5.41, 5.74) is 6.70. The Balaban J connectivity index is 2.31. The summed E-state index contributed by atoms with van der Waals surface area (Å²) < 4.78 is 5.22. The minimum absolute atomic E-state index is 0.153. The van der Waals surface area contributed by atoms with E-state index in [9.17, 15) is 0 Å². The number of benzene rings is 1. The Morgan fingerprint density at radius 2 is 1.90 bits per heavy atom. The third-order valence-electron chi connectivity index (χ3n) is 2.87. The number of aromatic nitrogens is 3. The molecule has 1 heterocycles. The molecule has 106 valence electrons. The Kier molecular flexibility index (Phi) is 3.88. The van der Waals surface area contributed by atoms with E-state index in [4.69, 9.17) is 10.5 Å². The average molecular weight is 272 g/mol. The molecule has 0 spiro atoms. The lowest BCUT2D eigenvalue weighted by molar-refractivity contribution is 0.414. The number of nitrogens with two attached hydrogens (primary N) is 1. The second kappa shape index (κ2) is 5.45. The summed E-state index contributed by atoms with van der Waals surface area (Å²) in [6.45, 7) is 6.16. The van der Waals surface area contributed by atoms with Crippen molar-refractivity contribution in [2.24, 2.45) is 0 Å². The summed E-state index contributed by atoms with van der Waals surface area (Å²) >= 11 is 0. The van der Waals surface area contributed by atoms with E-state index >= 15 is 0 Å². The number of methoxy groups -OCH3 is 1. The first-order valence-corrected chi connectivity index (χ1v) is 6.52. The van der Waals surface area contributed by atoms with E-state index in [1.54, 1.807) is 7.11 Å². The zero-order chi connectivity index (χ0) is 14.8. The van der Waals surface area contributed by atoms with Gasteiger partial charge in [0.25, 0.3) is 0 Å². The number of anilines is 1. The molecular weight excluding hydrogens is 252 g/mol. The Labute approximate surface area is 119 Å². The first-order chi connectivity index (χ1) is 9.38. The monoisotopic (exact) mass is 272 g/mol. The fourth-order valence-electron chi connectivity index (χ4n) is 1.82. The van der Waals surface area contributed by atoms with Crippen LogP contribution in [0.1, 0.15) is 38.0 Å². The molecule has 0 bridgehead atoms. The maximum absolute atomic E-state index is 5.78. The molecule has 0 atom stereocenters. The van der Waals surface area contributed by atoms with E-state index in [0.717, 1.165) is 11.3 Å². The molecule has 5 heteroatoms. The molecule has 0 unspecified atom stereocenters. The van der Waals surface area contributed by atoms with Gasteiger partial charge in [-0.3, -0.25) is 0 Å². The van der Waals surface area contributed by atoms with Crippen LogP contribution in [0.15, 0.2) is 24.3 Å². The van der Waals surface area contributed by atoms with E-state index in [2.05, 4.69) is 35.7 Å².